The zero-order valence-corrected chi connectivity index (χ0v) is 10.7. The van der Waals surface area contributed by atoms with E-state index in [1.807, 2.05) is 30.3 Å². The molecule has 1 saturated heterocycles. The fourth-order valence-electron chi connectivity index (χ4n) is 3.34. The Kier molecular flexibility index (Phi) is 3.11. The lowest BCUT2D eigenvalue weighted by atomic mass is 10.00. The van der Waals surface area contributed by atoms with Crippen molar-refractivity contribution in [3.05, 3.63) is 35.9 Å². The minimum absolute atomic E-state index is 0.101. The Labute approximate surface area is 112 Å². The first kappa shape index (κ1) is 12.4. The molecule has 0 bridgehead atoms. The molecule has 3 atom stereocenters. The number of amides is 2. The molecular formula is C15H17NO3. The normalized spacial score (nSPS) is 27.7. The first-order chi connectivity index (χ1) is 9.24. The molecule has 1 aromatic rings. The molecule has 0 radical (unpaired) electrons. The SMILES string of the molecule is O=C1[C@H]2CCC[C@H]2C(=O)N1[C@H](CO)c1ccccc1. The second-order valence-electron chi connectivity index (χ2n) is 5.30. The predicted molar refractivity (Wildman–Crippen MR) is 69.0 cm³/mol. The number of benzene rings is 1. The van der Waals surface area contributed by atoms with E-state index in [9.17, 15) is 14.7 Å². The summed E-state index contributed by atoms with van der Waals surface area (Å²) in [4.78, 5) is 26.0. The summed E-state index contributed by atoms with van der Waals surface area (Å²) in [5.74, 6) is -0.499. The molecule has 1 heterocycles. The number of nitrogens with zero attached hydrogens (tertiary/aromatic N) is 1. The van der Waals surface area contributed by atoms with Crippen molar-refractivity contribution in [2.24, 2.45) is 11.8 Å². The number of hydrogen-bond acceptors (Lipinski definition) is 3. The van der Waals surface area contributed by atoms with Crippen molar-refractivity contribution in [3.8, 4) is 0 Å². The summed E-state index contributed by atoms with van der Waals surface area (Å²) in [5, 5.41) is 9.59. The van der Waals surface area contributed by atoms with Gasteiger partial charge < -0.3 is 5.11 Å². The van der Waals surface area contributed by atoms with Gasteiger partial charge in [-0.25, -0.2) is 0 Å². The largest absolute Gasteiger partial charge is 0.394 e. The molecule has 0 unspecified atom stereocenters. The summed E-state index contributed by atoms with van der Waals surface area (Å²) in [7, 11) is 0. The van der Waals surface area contributed by atoms with Crippen LogP contribution in [0.5, 0.6) is 0 Å². The highest BCUT2D eigenvalue weighted by Crippen LogP contribution is 2.42. The van der Waals surface area contributed by atoms with Crippen molar-refractivity contribution >= 4 is 11.8 Å². The molecule has 3 rings (SSSR count). The number of fused-ring (bicyclic) bond motifs is 1. The first-order valence-electron chi connectivity index (χ1n) is 6.76. The van der Waals surface area contributed by atoms with Crippen LogP contribution in [-0.4, -0.2) is 28.4 Å². The quantitative estimate of drug-likeness (QED) is 0.837. The van der Waals surface area contributed by atoms with Gasteiger partial charge in [-0.15, -0.1) is 0 Å². The third kappa shape index (κ3) is 1.87. The van der Waals surface area contributed by atoms with Gasteiger partial charge in [0.15, 0.2) is 0 Å². The van der Waals surface area contributed by atoms with Crippen molar-refractivity contribution in [3.63, 3.8) is 0 Å². The molecule has 2 fully saturated rings. The van der Waals surface area contributed by atoms with E-state index in [0.717, 1.165) is 24.8 Å². The molecule has 1 saturated carbocycles. The molecule has 0 spiro atoms. The van der Waals surface area contributed by atoms with Crippen molar-refractivity contribution in [2.75, 3.05) is 6.61 Å². The zero-order chi connectivity index (χ0) is 13.4. The van der Waals surface area contributed by atoms with Crippen molar-refractivity contribution in [2.45, 2.75) is 25.3 Å². The Morgan fingerprint density at radius 1 is 1.11 bits per heavy atom. The maximum absolute atomic E-state index is 12.4. The number of carbonyl (C=O) groups excluding carboxylic acids is 2. The standard InChI is InChI=1S/C15H17NO3/c17-9-13(10-5-2-1-3-6-10)16-14(18)11-7-4-8-12(11)15(16)19/h1-3,5-6,11-13,17H,4,7-9H2/t11-,12+,13-/m1/s1. The molecular weight excluding hydrogens is 242 g/mol. The van der Waals surface area contributed by atoms with Gasteiger partial charge in [0.2, 0.25) is 11.8 Å². The Hall–Kier alpha value is -1.68. The Balaban J connectivity index is 1.92. The summed E-state index contributed by atoms with van der Waals surface area (Å²) in [5.41, 5.74) is 0.812. The summed E-state index contributed by atoms with van der Waals surface area (Å²) >= 11 is 0. The van der Waals surface area contributed by atoms with Crippen LogP contribution in [0.25, 0.3) is 0 Å². The topological polar surface area (TPSA) is 57.6 Å². The van der Waals surface area contributed by atoms with Gasteiger partial charge in [0, 0.05) is 0 Å². The minimum atomic E-state index is -0.535. The van der Waals surface area contributed by atoms with Crippen LogP contribution >= 0.6 is 0 Å². The number of carbonyl (C=O) groups is 2. The average Bonchev–Trinajstić information content (AvgIpc) is 3.00. The number of likely N-dealkylation sites (tertiary alicyclic amines) is 1. The molecule has 100 valence electrons. The fourth-order valence-corrected chi connectivity index (χ4v) is 3.34. The van der Waals surface area contributed by atoms with Crippen molar-refractivity contribution in [1.29, 1.82) is 0 Å². The highest BCUT2D eigenvalue weighted by atomic mass is 16.3. The predicted octanol–water partition coefficient (Wildman–Crippen LogP) is 1.51. The molecule has 1 aliphatic carbocycles. The molecule has 2 aliphatic rings. The highest BCUT2D eigenvalue weighted by molar-refractivity contribution is 6.05. The number of aliphatic hydroxyl groups is 1. The van der Waals surface area contributed by atoms with Crippen molar-refractivity contribution in [1.82, 2.24) is 4.90 Å². The van der Waals surface area contributed by atoms with Crippen LogP contribution in [0.2, 0.25) is 0 Å². The molecule has 1 aliphatic heterocycles. The van der Waals surface area contributed by atoms with E-state index >= 15 is 0 Å². The van der Waals surface area contributed by atoms with Gasteiger partial charge in [-0.3, -0.25) is 14.5 Å². The van der Waals surface area contributed by atoms with Crippen LogP contribution in [0, 0.1) is 11.8 Å². The lowest BCUT2D eigenvalue weighted by Gasteiger charge is -2.26. The number of rotatable bonds is 3. The maximum Gasteiger partial charge on any atom is 0.233 e. The molecule has 2 amide bonds. The first-order valence-corrected chi connectivity index (χ1v) is 6.76. The van der Waals surface area contributed by atoms with Crippen LogP contribution < -0.4 is 0 Å². The van der Waals surface area contributed by atoms with E-state index in [4.69, 9.17) is 0 Å². The third-order valence-electron chi connectivity index (χ3n) is 4.29. The molecule has 19 heavy (non-hydrogen) atoms. The summed E-state index contributed by atoms with van der Waals surface area (Å²) < 4.78 is 0. The zero-order valence-electron chi connectivity index (χ0n) is 10.7. The Morgan fingerprint density at radius 3 is 2.21 bits per heavy atom. The van der Waals surface area contributed by atoms with Crippen LogP contribution in [-0.2, 0) is 9.59 Å². The number of aliphatic hydroxyl groups excluding tert-OH is 1. The van der Waals surface area contributed by atoms with Gasteiger partial charge >= 0.3 is 0 Å². The Morgan fingerprint density at radius 2 is 1.68 bits per heavy atom. The smallest absolute Gasteiger partial charge is 0.233 e. The molecule has 0 aromatic heterocycles. The van der Waals surface area contributed by atoms with Crippen LogP contribution in [0.15, 0.2) is 30.3 Å². The third-order valence-corrected chi connectivity index (χ3v) is 4.29. The van der Waals surface area contributed by atoms with Crippen LogP contribution in [0.3, 0.4) is 0 Å². The van der Waals surface area contributed by atoms with Crippen molar-refractivity contribution < 1.29 is 14.7 Å². The van der Waals surface area contributed by atoms with E-state index in [0.29, 0.717) is 0 Å². The van der Waals surface area contributed by atoms with Gasteiger partial charge in [-0.2, -0.15) is 0 Å². The van der Waals surface area contributed by atoms with E-state index in [1.165, 1.54) is 4.90 Å². The van der Waals surface area contributed by atoms with E-state index < -0.39 is 6.04 Å². The molecule has 1 N–H and O–H groups in total. The second kappa shape index (κ2) is 4.78. The maximum atomic E-state index is 12.4. The number of hydrogen-bond donors (Lipinski definition) is 1. The lowest BCUT2D eigenvalue weighted by molar-refractivity contribution is -0.144. The number of imide groups is 1. The van der Waals surface area contributed by atoms with Gasteiger partial charge in [-0.05, 0) is 18.4 Å². The average molecular weight is 259 g/mol. The van der Waals surface area contributed by atoms with Crippen LogP contribution in [0.1, 0.15) is 30.9 Å². The van der Waals surface area contributed by atoms with Gasteiger partial charge in [0.25, 0.3) is 0 Å². The summed E-state index contributed by atoms with van der Waals surface area (Å²) in [6, 6.07) is 8.73. The van der Waals surface area contributed by atoms with E-state index in [-0.39, 0.29) is 30.3 Å². The lowest BCUT2D eigenvalue weighted by Crippen LogP contribution is -2.37. The van der Waals surface area contributed by atoms with Crippen LogP contribution in [0.4, 0.5) is 0 Å². The summed E-state index contributed by atoms with van der Waals surface area (Å²) in [6.45, 7) is -0.221. The minimum Gasteiger partial charge on any atom is -0.394 e. The monoisotopic (exact) mass is 259 g/mol. The van der Waals surface area contributed by atoms with Gasteiger partial charge in [0.1, 0.15) is 0 Å². The molecule has 1 aromatic carbocycles. The Bertz CT molecular complexity index is 477. The molecule has 4 heteroatoms. The van der Waals surface area contributed by atoms with E-state index in [1.54, 1.807) is 0 Å². The molecule has 4 nitrogen and oxygen atoms in total. The fraction of sp³-hybridized carbons (Fsp3) is 0.467. The summed E-state index contributed by atoms with van der Waals surface area (Å²) in [6.07, 6.45) is 2.56. The van der Waals surface area contributed by atoms with Gasteiger partial charge in [0.05, 0.1) is 24.5 Å². The second-order valence-corrected chi connectivity index (χ2v) is 5.30. The highest BCUT2D eigenvalue weighted by Gasteiger charge is 2.51. The van der Waals surface area contributed by atoms with Gasteiger partial charge in [-0.1, -0.05) is 36.8 Å². The van der Waals surface area contributed by atoms with E-state index in [2.05, 4.69) is 0 Å².